The van der Waals surface area contributed by atoms with Gasteiger partial charge in [-0.05, 0) is 43.5 Å². The molecule has 0 bridgehead atoms. The monoisotopic (exact) mass is 328 g/mol. The molecule has 1 aliphatic rings. The van der Waals surface area contributed by atoms with E-state index in [1.165, 1.54) is 15.3 Å². The molecule has 0 unspecified atom stereocenters. The van der Waals surface area contributed by atoms with Crippen LogP contribution in [0.1, 0.15) is 27.7 Å². The van der Waals surface area contributed by atoms with Crippen molar-refractivity contribution in [1.29, 1.82) is 0 Å². The Labute approximate surface area is 142 Å². The number of carbonyl (C=O) groups is 1. The zero-order chi connectivity index (χ0) is 16.2. The maximum absolute atomic E-state index is 12.4. The summed E-state index contributed by atoms with van der Waals surface area (Å²) in [6.07, 6.45) is 1.14. The van der Waals surface area contributed by atoms with Crippen LogP contribution in [0.25, 0.3) is 0 Å². The minimum atomic E-state index is 0.213. The molecule has 0 radical (unpaired) electrons. The molecule has 3 nitrogen and oxygen atoms in total. The van der Waals surface area contributed by atoms with Crippen LogP contribution < -0.4 is 0 Å². The molecule has 1 fully saturated rings. The Hall–Kier alpha value is -1.65. The lowest BCUT2D eigenvalue weighted by atomic mass is 9.99. The van der Waals surface area contributed by atoms with Gasteiger partial charge in [-0.1, -0.05) is 30.3 Å². The van der Waals surface area contributed by atoms with Crippen LogP contribution in [0.4, 0.5) is 0 Å². The number of hydrogen-bond donors (Lipinski definition) is 0. The van der Waals surface area contributed by atoms with Gasteiger partial charge >= 0.3 is 0 Å². The molecule has 1 saturated heterocycles. The number of nitrogens with zero attached hydrogens (tertiary/aromatic N) is 2. The molecule has 2 aromatic rings. The van der Waals surface area contributed by atoms with Gasteiger partial charge in [0.1, 0.15) is 0 Å². The topological polar surface area (TPSA) is 23.6 Å². The second-order valence-electron chi connectivity index (χ2n) is 6.39. The van der Waals surface area contributed by atoms with E-state index in [0.29, 0.717) is 19.0 Å². The van der Waals surface area contributed by atoms with Gasteiger partial charge in [0, 0.05) is 23.3 Å². The van der Waals surface area contributed by atoms with Crippen LogP contribution in [0, 0.1) is 6.92 Å². The summed E-state index contributed by atoms with van der Waals surface area (Å²) in [5, 5.41) is 0. The van der Waals surface area contributed by atoms with Gasteiger partial charge in [-0.3, -0.25) is 9.69 Å². The summed E-state index contributed by atoms with van der Waals surface area (Å²) in [6.45, 7) is 5.35. The first kappa shape index (κ1) is 16.2. The Morgan fingerprint density at radius 1 is 1.26 bits per heavy atom. The van der Waals surface area contributed by atoms with Gasteiger partial charge in [0.05, 0.1) is 13.1 Å². The van der Waals surface area contributed by atoms with E-state index >= 15 is 0 Å². The minimum Gasteiger partial charge on any atom is -0.340 e. The second kappa shape index (κ2) is 7.28. The molecule has 1 aromatic heterocycles. The molecule has 0 N–H and O–H groups in total. The molecule has 1 atom stereocenters. The van der Waals surface area contributed by atoms with E-state index in [1.807, 2.05) is 11.9 Å². The van der Waals surface area contributed by atoms with Gasteiger partial charge < -0.3 is 4.90 Å². The number of benzene rings is 1. The van der Waals surface area contributed by atoms with Crippen molar-refractivity contribution in [3.8, 4) is 0 Å². The molecular formula is C19H24N2OS. The Morgan fingerprint density at radius 3 is 2.74 bits per heavy atom. The van der Waals surface area contributed by atoms with Crippen molar-refractivity contribution in [1.82, 2.24) is 9.80 Å². The first-order valence-electron chi connectivity index (χ1n) is 8.18. The van der Waals surface area contributed by atoms with Gasteiger partial charge in [0.2, 0.25) is 5.91 Å². The maximum Gasteiger partial charge on any atom is 0.236 e. The highest BCUT2D eigenvalue weighted by atomic mass is 32.1. The molecule has 122 valence electrons. The Balaban J connectivity index is 1.50. The summed E-state index contributed by atoms with van der Waals surface area (Å²) in [7, 11) is 1.90. The van der Waals surface area contributed by atoms with Gasteiger partial charge in [0.15, 0.2) is 0 Å². The normalized spacial score (nSPS) is 18.3. The third kappa shape index (κ3) is 4.21. The lowest BCUT2D eigenvalue weighted by molar-refractivity contribution is -0.131. The predicted molar refractivity (Wildman–Crippen MR) is 95.8 cm³/mol. The first-order chi connectivity index (χ1) is 11.1. The van der Waals surface area contributed by atoms with Crippen LogP contribution in [0.3, 0.4) is 0 Å². The number of hydrogen-bond acceptors (Lipinski definition) is 3. The molecule has 0 saturated carbocycles. The lowest BCUT2D eigenvalue weighted by Crippen LogP contribution is -2.36. The van der Waals surface area contributed by atoms with Gasteiger partial charge in [0.25, 0.3) is 0 Å². The van der Waals surface area contributed by atoms with Crippen molar-refractivity contribution in [2.45, 2.75) is 25.8 Å². The van der Waals surface area contributed by atoms with E-state index in [4.69, 9.17) is 0 Å². The third-order valence-corrected chi connectivity index (χ3v) is 5.50. The Kier molecular flexibility index (Phi) is 5.13. The van der Waals surface area contributed by atoms with Crippen LogP contribution in [0.5, 0.6) is 0 Å². The summed E-state index contributed by atoms with van der Waals surface area (Å²) < 4.78 is 0. The molecule has 2 heterocycles. The van der Waals surface area contributed by atoms with E-state index < -0.39 is 0 Å². The van der Waals surface area contributed by atoms with E-state index in [0.717, 1.165) is 19.5 Å². The standard InChI is InChI=1S/C19H24N2OS/c1-15-8-9-18(23-15)13-20(2)19(22)14-21-11-10-17(12-21)16-6-4-3-5-7-16/h3-9,17H,10-14H2,1-2H3/t17-/m0/s1. The van der Waals surface area contributed by atoms with E-state index in [9.17, 15) is 4.79 Å². The lowest BCUT2D eigenvalue weighted by Gasteiger charge is -2.21. The number of aryl methyl sites for hydroxylation is 1. The number of thiophene rings is 1. The van der Waals surface area contributed by atoms with Crippen LogP contribution in [-0.2, 0) is 11.3 Å². The molecule has 3 rings (SSSR count). The van der Waals surface area contributed by atoms with Crippen molar-refractivity contribution in [3.05, 3.63) is 57.8 Å². The highest BCUT2D eigenvalue weighted by molar-refractivity contribution is 7.11. The molecule has 1 aromatic carbocycles. The molecule has 0 spiro atoms. The number of amides is 1. The molecular weight excluding hydrogens is 304 g/mol. The number of carbonyl (C=O) groups excluding carboxylic acids is 1. The first-order valence-corrected chi connectivity index (χ1v) is 9.00. The fraction of sp³-hybridized carbons (Fsp3) is 0.421. The van der Waals surface area contributed by atoms with Crippen molar-refractivity contribution >= 4 is 17.2 Å². The fourth-order valence-corrected chi connectivity index (χ4v) is 4.12. The van der Waals surface area contributed by atoms with Crippen LogP contribution in [0.2, 0.25) is 0 Å². The minimum absolute atomic E-state index is 0.213. The highest BCUT2D eigenvalue weighted by Crippen LogP contribution is 2.26. The van der Waals surface area contributed by atoms with Crippen molar-refractivity contribution in [3.63, 3.8) is 0 Å². The van der Waals surface area contributed by atoms with Crippen molar-refractivity contribution < 1.29 is 4.79 Å². The SMILES string of the molecule is Cc1ccc(CN(C)C(=O)CN2CC[C@H](c3ccccc3)C2)s1. The molecule has 1 aliphatic heterocycles. The largest absolute Gasteiger partial charge is 0.340 e. The molecule has 1 amide bonds. The summed E-state index contributed by atoms with van der Waals surface area (Å²) in [6, 6.07) is 14.9. The van der Waals surface area contributed by atoms with Crippen LogP contribution in [0.15, 0.2) is 42.5 Å². The highest BCUT2D eigenvalue weighted by Gasteiger charge is 2.26. The molecule has 0 aliphatic carbocycles. The van der Waals surface area contributed by atoms with E-state index in [2.05, 4.69) is 54.3 Å². The third-order valence-electron chi connectivity index (χ3n) is 4.52. The number of rotatable bonds is 5. The Bertz CT molecular complexity index is 652. The zero-order valence-electron chi connectivity index (χ0n) is 13.9. The Morgan fingerprint density at radius 2 is 2.04 bits per heavy atom. The average Bonchev–Trinajstić information content (AvgIpc) is 3.17. The maximum atomic E-state index is 12.4. The van der Waals surface area contributed by atoms with E-state index in [1.54, 1.807) is 11.3 Å². The predicted octanol–water partition coefficient (Wildman–Crippen LogP) is 3.50. The fourth-order valence-electron chi connectivity index (χ4n) is 3.18. The second-order valence-corrected chi connectivity index (χ2v) is 7.77. The summed E-state index contributed by atoms with van der Waals surface area (Å²) in [4.78, 5) is 19.1. The quantitative estimate of drug-likeness (QED) is 0.838. The smallest absolute Gasteiger partial charge is 0.236 e. The number of likely N-dealkylation sites (tertiary alicyclic amines) is 1. The van der Waals surface area contributed by atoms with Gasteiger partial charge in [-0.2, -0.15) is 0 Å². The van der Waals surface area contributed by atoms with Gasteiger partial charge in [-0.25, -0.2) is 0 Å². The molecule has 23 heavy (non-hydrogen) atoms. The van der Waals surface area contributed by atoms with Crippen molar-refractivity contribution in [2.24, 2.45) is 0 Å². The summed E-state index contributed by atoms with van der Waals surface area (Å²) in [5.41, 5.74) is 1.39. The van der Waals surface area contributed by atoms with E-state index in [-0.39, 0.29) is 5.91 Å². The summed E-state index contributed by atoms with van der Waals surface area (Å²) in [5.74, 6) is 0.777. The number of likely N-dealkylation sites (N-methyl/N-ethyl adjacent to an activating group) is 1. The average molecular weight is 328 g/mol. The van der Waals surface area contributed by atoms with Gasteiger partial charge in [-0.15, -0.1) is 11.3 Å². The van der Waals surface area contributed by atoms with Crippen LogP contribution >= 0.6 is 11.3 Å². The van der Waals surface area contributed by atoms with Crippen LogP contribution in [-0.4, -0.2) is 42.4 Å². The molecule has 4 heteroatoms. The summed E-state index contributed by atoms with van der Waals surface area (Å²) >= 11 is 1.77. The van der Waals surface area contributed by atoms with Crippen molar-refractivity contribution in [2.75, 3.05) is 26.7 Å². The zero-order valence-corrected chi connectivity index (χ0v) is 14.7.